The number of carbonyl (C=O) groups is 3. The van der Waals surface area contributed by atoms with Crippen molar-refractivity contribution in [3.05, 3.63) is 60.2 Å². The molecule has 1 aliphatic rings. The molecule has 1 N–H and O–H groups in total. The number of anilines is 2. The maximum absolute atomic E-state index is 12.5. The highest BCUT2D eigenvalue weighted by Crippen LogP contribution is 2.24. The Hall–Kier alpha value is -2.95. The van der Waals surface area contributed by atoms with Gasteiger partial charge in [0.25, 0.3) is 0 Å². The second-order valence-corrected chi connectivity index (χ2v) is 5.52. The summed E-state index contributed by atoms with van der Waals surface area (Å²) in [5, 5.41) is 2.65. The predicted octanol–water partition coefficient (Wildman–Crippen LogP) is 2.17. The monoisotopic (exact) mass is 308 g/mol. The fourth-order valence-corrected chi connectivity index (χ4v) is 2.64. The van der Waals surface area contributed by atoms with E-state index in [9.17, 15) is 14.4 Å². The van der Waals surface area contributed by atoms with Crippen molar-refractivity contribution in [2.75, 3.05) is 16.8 Å². The molecule has 1 saturated heterocycles. The molecule has 0 aromatic heterocycles. The Labute approximate surface area is 133 Å². The van der Waals surface area contributed by atoms with E-state index in [-0.39, 0.29) is 12.3 Å². The summed E-state index contributed by atoms with van der Waals surface area (Å²) in [6, 6.07) is 16.1. The van der Waals surface area contributed by atoms with Gasteiger partial charge < -0.3 is 10.2 Å². The summed E-state index contributed by atoms with van der Waals surface area (Å²) < 4.78 is 0. The Morgan fingerprint density at radius 3 is 2.52 bits per heavy atom. The number of hydrogen-bond acceptors (Lipinski definition) is 3. The Morgan fingerprint density at radius 2 is 1.83 bits per heavy atom. The van der Waals surface area contributed by atoms with E-state index in [4.69, 9.17) is 0 Å². The number of nitrogens with zero attached hydrogens (tertiary/aromatic N) is 1. The third kappa shape index (κ3) is 2.99. The van der Waals surface area contributed by atoms with E-state index in [1.165, 1.54) is 4.90 Å². The smallest absolute Gasteiger partial charge is 0.247 e. The molecule has 116 valence electrons. The summed E-state index contributed by atoms with van der Waals surface area (Å²) in [6.07, 6.45) is 0. The topological polar surface area (TPSA) is 66.5 Å². The van der Waals surface area contributed by atoms with Crippen molar-refractivity contribution in [3.63, 3.8) is 0 Å². The van der Waals surface area contributed by atoms with E-state index in [0.29, 0.717) is 11.4 Å². The van der Waals surface area contributed by atoms with Crippen molar-refractivity contribution in [2.45, 2.75) is 6.92 Å². The minimum Gasteiger partial charge on any atom is -0.325 e. The van der Waals surface area contributed by atoms with Gasteiger partial charge in [-0.3, -0.25) is 14.4 Å². The first kappa shape index (κ1) is 15.0. The van der Waals surface area contributed by atoms with Gasteiger partial charge in [-0.2, -0.15) is 0 Å². The van der Waals surface area contributed by atoms with E-state index in [2.05, 4.69) is 5.32 Å². The van der Waals surface area contributed by atoms with Crippen LogP contribution in [0, 0.1) is 12.8 Å². The molecule has 23 heavy (non-hydrogen) atoms. The number of benzene rings is 2. The third-order valence-electron chi connectivity index (χ3n) is 3.76. The fourth-order valence-electron chi connectivity index (χ4n) is 2.64. The zero-order valence-electron chi connectivity index (χ0n) is 12.7. The highest BCUT2D eigenvalue weighted by molar-refractivity contribution is 6.30. The number of rotatable bonds is 3. The fraction of sp³-hybridized carbons (Fsp3) is 0.167. The molecular formula is C18H16N2O3. The van der Waals surface area contributed by atoms with Gasteiger partial charge >= 0.3 is 0 Å². The zero-order chi connectivity index (χ0) is 16.4. The number of aryl methyl sites for hydroxylation is 1. The SMILES string of the molecule is Cc1cccc(NC(=O)[C@H]2C(=O)CN(c3ccccc3)C2=O)c1. The maximum atomic E-state index is 12.5. The summed E-state index contributed by atoms with van der Waals surface area (Å²) in [6.45, 7) is 1.83. The van der Waals surface area contributed by atoms with Crippen LogP contribution < -0.4 is 10.2 Å². The van der Waals surface area contributed by atoms with Gasteiger partial charge in [-0.15, -0.1) is 0 Å². The lowest BCUT2D eigenvalue weighted by molar-refractivity contribution is -0.134. The quantitative estimate of drug-likeness (QED) is 0.884. The highest BCUT2D eigenvalue weighted by atomic mass is 16.2. The van der Waals surface area contributed by atoms with E-state index in [0.717, 1.165) is 5.56 Å². The third-order valence-corrected chi connectivity index (χ3v) is 3.76. The van der Waals surface area contributed by atoms with Crippen molar-refractivity contribution >= 4 is 29.0 Å². The van der Waals surface area contributed by atoms with E-state index < -0.39 is 17.7 Å². The number of ketones is 1. The molecule has 0 radical (unpaired) electrons. The summed E-state index contributed by atoms with van der Waals surface area (Å²) in [7, 11) is 0. The van der Waals surface area contributed by atoms with Gasteiger partial charge in [-0.25, -0.2) is 0 Å². The number of nitrogens with one attached hydrogen (secondary N) is 1. The molecule has 2 aromatic carbocycles. The van der Waals surface area contributed by atoms with Crippen LogP contribution in [0.15, 0.2) is 54.6 Å². The Balaban J connectivity index is 1.79. The first-order valence-electron chi connectivity index (χ1n) is 7.33. The lowest BCUT2D eigenvalue weighted by Crippen LogP contribution is -2.34. The predicted molar refractivity (Wildman–Crippen MR) is 87.1 cm³/mol. The van der Waals surface area contributed by atoms with Crippen molar-refractivity contribution in [3.8, 4) is 0 Å². The molecular weight excluding hydrogens is 292 g/mol. The first-order chi connectivity index (χ1) is 11.1. The number of hydrogen-bond donors (Lipinski definition) is 1. The average molecular weight is 308 g/mol. The van der Waals surface area contributed by atoms with E-state index in [1.807, 2.05) is 19.1 Å². The zero-order valence-corrected chi connectivity index (χ0v) is 12.7. The lowest BCUT2D eigenvalue weighted by Gasteiger charge is -2.15. The molecule has 0 bridgehead atoms. The summed E-state index contributed by atoms with van der Waals surface area (Å²) in [5.74, 6) is -2.73. The molecule has 1 fully saturated rings. The first-order valence-corrected chi connectivity index (χ1v) is 7.33. The summed E-state index contributed by atoms with van der Waals surface area (Å²) >= 11 is 0. The van der Waals surface area contributed by atoms with Gasteiger partial charge in [0.1, 0.15) is 0 Å². The van der Waals surface area contributed by atoms with Gasteiger partial charge in [-0.05, 0) is 36.8 Å². The number of Topliss-reactive ketones (excluding diaryl/α,β-unsaturated/α-hetero) is 1. The number of para-hydroxylation sites is 1. The molecule has 1 atom stereocenters. The van der Waals surface area contributed by atoms with E-state index >= 15 is 0 Å². The Morgan fingerprint density at radius 1 is 1.09 bits per heavy atom. The molecule has 5 nitrogen and oxygen atoms in total. The summed E-state index contributed by atoms with van der Waals surface area (Å²) in [5.41, 5.74) is 2.18. The van der Waals surface area contributed by atoms with Gasteiger partial charge in [0.2, 0.25) is 11.8 Å². The van der Waals surface area contributed by atoms with Crippen molar-refractivity contribution in [1.29, 1.82) is 0 Å². The van der Waals surface area contributed by atoms with Crippen LogP contribution in [0.2, 0.25) is 0 Å². The highest BCUT2D eigenvalue weighted by Gasteiger charge is 2.44. The Bertz CT molecular complexity index is 771. The van der Waals surface area contributed by atoms with Crippen LogP contribution in [0.1, 0.15) is 5.56 Å². The number of carbonyl (C=O) groups excluding carboxylic acids is 3. The van der Waals surface area contributed by atoms with Crippen molar-refractivity contribution in [2.24, 2.45) is 5.92 Å². The molecule has 0 saturated carbocycles. The number of amides is 2. The van der Waals surface area contributed by atoms with Crippen LogP contribution in [0.5, 0.6) is 0 Å². The molecule has 0 aliphatic carbocycles. The largest absolute Gasteiger partial charge is 0.325 e. The molecule has 5 heteroatoms. The molecule has 1 heterocycles. The second-order valence-electron chi connectivity index (χ2n) is 5.52. The van der Waals surface area contributed by atoms with Crippen LogP contribution in [-0.4, -0.2) is 24.1 Å². The average Bonchev–Trinajstić information content (AvgIpc) is 2.83. The van der Waals surface area contributed by atoms with Gasteiger partial charge in [0.15, 0.2) is 11.7 Å². The summed E-state index contributed by atoms with van der Waals surface area (Å²) in [4.78, 5) is 38.3. The normalized spacial score (nSPS) is 17.4. The molecule has 3 rings (SSSR count). The molecule has 0 unspecified atom stereocenters. The van der Waals surface area contributed by atoms with Crippen LogP contribution in [0.4, 0.5) is 11.4 Å². The molecule has 2 aromatic rings. The molecule has 2 amide bonds. The van der Waals surface area contributed by atoms with E-state index in [1.54, 1.807) is 42.5 Å². The molecule has 0 spiro atoms. The van der Waals surface area contributed by atoms with Gasteiger partial charge in [-0.1, -0.05) is 30.3 Å². The lowest BCUT2D eigenvalue weighted by atomic mass is 10.1. The minimum atomic E-state index is -1.28. The maximum Gasteiger partial charge on any atom is 0.247 e. The van der Waals surface area contributed by atoms with Crippen molar-refractivity contribution in [1.82, 2.24) is 0 Å². The van der Waals surface area contributed by atoms with Gasteiger partial charge in [0.05, 0.1) is 6.54 Å². The Kier molecular flexibility index (Phi) is 3.93. The standard InChI is InChI=1S/C18H16N2O3/c1-12-6-5-7-13(10-12)19-17(22)16-15(21)11-20(18(16)23)14-8-3-2-4-9-14/h2-10,16H,11H2,1H3,(H,19,22)/t16-/m1/s1. The van der Waals surface area contributed by atoms with Crippen LogP contribution >= 0.6 is 0 Å². The molecule has 1 aliphatic heterocycles. The van der Waals surface area contributed by atoms with Crippen LogP contribution in [-0.2, 0) is 14.4 Å². The second kappa shape index (κ2) is 6.04. The van der Waals surface area contributed by atoms with Gasteiger partial charge in [0, 0.05) is 11.4 Å². The van der Waals surface area contributed by atoms with Crippen LogP contribution in [0.3, 0.4) is 0 Å². The minimum absolute atomic E-state index is 0.0747. The van der Waals surface area contributed by atoms with Crippen molar-refractivity contribution < 1.29 is 14.4 Å². The van der Waals surface area contributed by atoms with Crippen LogP contribution in [0.25, 0.3) is 0 Å².